The Hall–Kier alpha value is -2.20. The van der Waals surface area contributed by atoms with Crippen molar-refractivity contribution >= 4 is 34.6 Å². The van der Waals surface area contributed by atoms with Gasteiger partial charge in [0.1, 0.15) is 0 Å². The van der Waals surface area contributed by atoms with Gasteiger partial charge in [-0.15, -0.1) is 0 Å². The van der Waals surface area contributed by atoms with Gasteiger partial charge in [0.2, 0.25) is 0 Å². The van der Waals surface area contributed by atoms with Crippen LogP contribution in [0.4, 0.5) is 17.1 Å². The molecule has 1 amide bonds. The highest BCUT2D eigenvalue weighted by molar-refractivity contribution is 6.30. The molecule has 98 valence electrons. The number of carbonyl (C=O) groups excluding carboxylic acids is 1. The van der Waals surface area contributed by atoms with Gasteiger partial charge in [0.05, 0.1) is 11.3 Å². The monoisotopic (exact) mass is 275 g/mol. The maximum Gasteiger partial charge on any atom is 0.253 e. The fourth-order valence-electron chi connectivity index (χ4n) is 1.69. The zero-order valence-electron chi connectivity index (χ0n) is 10.4. The number of hydrogen-bond donors (Lipinski definition) is 3. The fourth-order valence-corrected chi connectivity index (χ4v) is 1.81. The molecular weight excluding hydrogens is 262 g/mol. The zero-order chi connectivity index (χ0) is 13.8. The van der Waals surface area contributed by atoms with Crippen molar-refractivity contribution in [1.82, 2.24) is 5.32 Å². The molecule has 2 rings (SSSR count). The number of carbonyl (C=O) groups is 1. The van der Waals surface area contributed by atoms with Gasteiger partial charge in [-0.3, -0.25) is 4.79 Å². The number of nitrogens with one attached hydrogen (secondary N) is 2. The topological polar surface area (TPSA) is 67.2 Å². The van der Waals surface area contributed by atoms with Gasteiger partial charge in [0.25, 0.3) is 5.91 Å². The number of anilines is 3. The maximum absolute atomic E-state index is 11.8. The summed E-state index contributed by atoms with van der Waals surface area (Å²) in [6.45, 7) is 0. The molecule has 2 aromatic rings. The van der Waals surface area contributed by atoms with Gasteiger partial charge in [-0.1, -0.05) is 11.6 Å². The molecule has 0 aliphatic heterocycles. The van der Waals surface area contributed by atoms with E-state index in [-0.39, 0.29) is 5.91 Å². The Morgan fingerprint density at radius 1 is 1.16 bits per heavy atom. The summed E-state index contributed by atoms with van der Waals surface area (Å²) < 4.78 is 0. The number of rotatable bonds is 3. The van der Waals surface area contributed by atoms with Crippen molar-refractivity contribution < 1.29 is 4.79 Å². The summed E-state index contributed by atoms with van der Waals surface area (Å²) >= 11 is 5.83. The number of hydrogen-bond acceptors (Lipinski definition) is 3. The molecule has 0 fully saturated rings. The molecule has 0 spiro atoms. The van der Waals surface area contributed by atoms with Crippen LogP contribution < -0.4 is 16.4 Å². The average molecular weight is 276 g/mol. The predicted molar refractivity (Wildman–Crippen MR) is 79.0 cm³/mol. The number of nitrogen functional groups attached to an aromatic ring is 1. The van der Waals surface area contributed by atoms with Crippen molar-refractivity contribution in [3.05, 3.63) is 53.1 Å². The molecule has 0 aromatic heterocycles. The molecule has 0 saturated carbocycles. The van der Waals surface area contributed by atoms with Crippen molar-refractivity contribution in [2.75, 3.05) is 18.1 Å². The highest BCUT2D eigenvalue weighted by Gasteiger charge is 2.10. The Morgan fingerprint density at radius 3 is 2.47 bits per heavy atom. The van der Waals surface area contributed by atoms with Crippen LogP contribution in [-0.4, -0.2) is 13.0 Å². The highest BCUT2D eigenvalue weighted by atomic mass is 35.5. The van der Waals surface area contributed by atoms with Crippen LogP contribution in [0, 0.1) is 0 Å². The standard InChI is InChI=1S/C14H14ClN3O/c1-17-14(19)12-7-4-10(16)8-13(12)18-11-5-2-9(15)3-6-11/h2-8,18H,16H2,1H3,(H,17,19). The van der Waals surface area contributed by atoms with Gasteiger partial charge >= 0.3 is 0 Å². The molecule has 2 aromatic carbocycles. The molecule has 4 nitrogen and oxygen atoms in total. The van der Waals surface area contributed by atoms with E-state index in [0.29, 0.717) is 22.0 Å². The molecule has 4 N–H and O–H groups in total. The third-order valence-corrected chi connectivity index (χ3v) is 2.89. The first-order valence-electron chi connectivity index (χ1n) is 5.74. The van der Waals surface area contributed by atoms with Gasteiger partial charge < -0.3 is 16.4 Å². The van der Waals surface area contributed by atoms with Crippen LogP contribution in [0.25, 0.3) is 0 Å². The summed E-state index contributed by atoms with van der Waals surface area (Å²) in [6.07, 6.45) is 0. The third kappa shape index (κ3) is 3.17. The van der Waals surface area contributed by atoms with Gasteiger partial charge in [-0.25, -0.2) is 0 Å². The van der Waals surface area contributed by atoms with E-state index in [9.17, 15) is 4.79 Å². The fraction of sp³-hybridized carbons (Fsp3) is 0.0714. The van der Waals surface area contributed by atoms with Crippen molar-refractivity contribution in [1.29, 1.82) is 0 Å². The first-order chi connectivity index (χ1) is 9.10. The molecule has 0 bridgehead atoms. The molecule has 0 aliphatic rings. The molecule has 5 heteroatoms. The van der Waals surface area contributed by atoms with E-state index in [2.05, 4.69) is 10.6 Å². The first-order valence-corrected chi connectivity index (χ1v) is 6.12. The molecule has 0 radical (unpaired) electrons. The van der Waals surface area contributed by atoms with Gasteiger partial charge in [-0.2, -0.15) is 0 Å². The largest absolute Gasteiger partial charge is 0.399 e. The van der Waals surface area contributed by atoms with Crippen LogP contribution in [0.1, 0.15) is 10.4 Å². The summed E-state index contributed by atoms with van der Waals surface area (Å²) in [5.41, 5.74) is 8.36. The van der Waals surface area contributed by atoms with Crippen molar-refractivity contribution in [3.8, 4) is 0 Å². The Labute approximate surface area is 116 Å². The number of amides is 1. The number of nitrogens with two attached hydrogens (primary N) is 1. The summed E-state index contributed by atoms with van der Waals surface area (Å²) in [5, 5.41) is 6.41. The Morgan fingerprint density at radius 2 is 1.84 bits per heavy atom. The molecule has 0 saturated heterocycles. The van der Waals surface area contributed by atoms with Crippen LogP contribution in [0.3, 0.4) is 0 Å². The summed E-state index contributed by atoms with van der Waals surface area (Å²) in [6, 6.07) is 12.3. The van der Waals surface area contributed by atoms with Gasteiger partial charge in [-0.05, 0) is 42.5 Å². The Bertz CT molecular complexity index is 596. The van der Waals surface area contributed by atoms with E-state index >= 15 is 0 Å². The first kappa shape index (κ1) is 13.2. The Balaban J connectivity index is 2.35. The molecule has 0 heterocycles. The van der Waals surface area contributed by atoms with E-state index in [1.165, 1.54) is 0 Å². The third-order valence-electron chi connectivity index (χ3n) is 2.64. The zero-order valence-corrected chi connectivity index (χ0v) is 11.2. The summed E-state index contributed by atoms with van der Waals surface area (Å²) in [7, 11) is 1.59. The minimum Gasteiger partial charge on any atom is -0.399 e. The number of benzene rings is 2. The SMILES string of the molecule is CNC(=O)c1ccc(N)cc1Nc1ccc(Cl)cc1. The lowest BCUT2D eigenvalue weighted by Crippen LogP contribution is -2.19. The highest BCUT2D eigenvalue weighted by Crippen LogP contribution is 2.24. The molecule has 0 atom stereocenters. The van der Waals surface area contributed by atoms with E-state index in [0.717, 1.165) is 5.69 Å². The Kier molecular flexibility index (Phi) is 3.92. The molecule has 0 aliphatic carbocycles. The normalized spacial score (nSPS) is 10.0. The second-order valence-corrected chi connectivity index (χ2v) is 4.45. The lowest BCUT2D eigenvalue weighted by atomic mass is 10.1. The van der Waals surface area contributed by atoms with E-state index < -0.39 is 0 Å². The van der Waals surface area contributed by atoms with E-state index in [1.54, 1.807) is 37.4 Å². The van der Waals surface area contributed by atoms with Crippen LogP contribution in [0.5, 0.6) is 0 Å². The average Bonchev–Trinajstić information content (AvgIpc) is 2.41. The van der Waals surface area contributed by atoms with Gasteiger partial charge in [0, 0.05) is 23.4 Å². The quantitative estimate of drug-likeness (QED) is 0.754. The second-order valence-electron chi connectivity index (χ2n) is 4.02. The summed E-state index contributed by atoms with van der Waals surface area (Å²) in [5.74, 6) is -0.170. The lowest BCUT2D eigenvalue weighted by Gasteiger charge is -2.12. The number of halogens is 1. The van der Waals surface area contributed by atoms with Gasteiger partial charge in [0.15, 0.2) is 0 Å². The smallest absolute Gasteiger partial charge is 0.253 e. The minimum atomic E-state index is -0.170. The van der Waals surface area contributed by atoms with Crippen LogP contribution in [-0.2, 0) is 0 Å². The van der Waals surface area contributed by atoms with E-state index in [4.69, 9.17) is 17.3 Å². The predicted octanol–water partition coefficient (Wildman–Crippen LogP) is 3.03. The van der Waals surface area contributed by atoms with Crippen molar-refractivity contribution in [3.63, 3.8) is 0 Å². The molecular formula is C14H14ClN3O. The minimum absolute atomic E-state index is 0.170. The van der Waals surface area contributed by atoms with Crippen molar-refractivity contribution in [2.45, 2.75) is 0 Å². The van der Waals surface area contributed by atoms with Crippen molar-refractivity contribution in [2.24, 2.45) is 0 Å². The molecule has 0 unspecified atom stereocenters. The summed E-state index contributed by atoms with van der Waals surface area (Å²) in [4.78, 5) is 11.8. The second kappa shape index (κ2) is 5.63. The van der Waals surface area contributed by atoms with E-state index in [1.807, 2.05) is 12.1 Å². The maximum atomic E-state index is 11.8. The van der Waals surface area contributed by atoms with Crippen LogP contribution >= 0.6 is 11.6 Å². The lowest BCUT2D eigenvalue weighted by molar-refractivity contribution is 0.0964. The molecule has 19 heavy (non-hydrogen) atoms. The van der Waals surface area contributed by atoms with Crippen LogP contribution in [0.2, 0.25) is 5.02 Å². The van der Waals surface area contributed by atoms with Crippen LogP contribution in [0.15, 0.2) is 42.5 Å².